The van der Waals surface area contributed by atoms with E-state index in [9.17, 15) is 4.79 Å². The zero-order valence-corrected chi connectivity index (χ0v) is 16.1. The topological polar surface area (TPSA) is 76.1 Å². The SMILES string of the molecule is CCOc1ccc2nc(NC(=O)c3csc(Nc4ccccc4)n3)sc2c1. The maximum absolute atomic E-state index is 12.5. The molecule has 136 valence electrons. The van der Waals surface area contributed by atoms with E-state index >= 15 is 0 Å². The Balaban J connectivity index is 1.46. The maximum Gasteiger partial charge on any atom is 0.276 e. The van der Waals surface area contributed by atoms with E-state index in [1.54, 1.807) is 5.38 Å². The van der Waals surface area contributed by atoms with Crippen molar-refractivity contribution >= 4 is 54.7 Å². The molecule has 6 nitrogen and oxygen atoms in total. The van der Waals surface area contributed by atoms with E-state index in [0.717, 1.165) is 21.7 Å². The van der Waals surface area contributed by atoms with Gasteiger partial charge in [0.2, 0.25) is 0 Å². The summed E-state index contributed by atoms with van der Waals surface area (Å²) in [6, 6.07) is 15.4. The van der Waals surface area contributed by atoms with Crippen LogP contribution in [0.15, 0.2) is 53.9 Å². The van der Waals surface area contributed by atoms with E-state index in [0.29, 0.717) is 22.6 Å². The molecule has 0 saturated heterocycles. The molecule has 0 radical (unpaired) electrons. The Kier molecular flexibility index (Phi) is 4.99. The molecule has 2 aromatic carbocycles. The molecular weight excluding hydrogens is 380 g/mol. The van der Waals surface area contributed by atoms with Crippen molar-refractivity contribution in [2.24, 2.45) is 0 Å². The summed E-state index contributed by atoms with van der Waals surface area (Å²) in [4.78, 5) is 21.3. The molecule has 8 heteroatoms. The summed E-state index contributed by atoms with van der Waals surface area (Å²) in [6.07, 6.45) is 0. The van der Waals surface area contributed by atoms with E-state index in [-0.39, 0.29) is 5.91 Å². The Bertz CT molecular complexity index is 1080. The van der Waals surface area contributed by atoms with Crippen LogP contribution in [0.2, 0.25) is 0 Å². The number of carbonyl (C=O) groups is 1. The van der Waals surface area contributed by atoms with Gasteiger partial charge in [-0.3, -0.25) is 10.1 Å². The molecule has 0 aliphatic rings. The number of ether oxygens (including phenoxy) is 1. The van der Waals surface area contributed by atoms with E-state index in [4.69, 9.17) is 4.74 Å². The Morgan fingerprint density at radius 3 is 2.78 bits per heavy atom. The molecule has 0 fully saturated rings. The number of aromatic nitrogens is 2. The number of nitrogens with zero attached hydrogens (tertiary/aromatic N) is 2. The van der Waals surface area contributed by atoms with Gasteiger partial charge in [-0.05, 0) is 37.3 Å². The molecule has 2 heterocycles. The molecule has 2 N–H and O–H groups in total. The molecule has 0 unspecified atom stereocenters. The third-order valence-corrected chi connectivity index (χ3v) is 5.34. The van der Waals surface area contributed by atoms with Crippen LogP contribution in [-0.4, -0.2) is 22.5 Å². The second-order valence-electron chi connectivity index (χ2n) is 5.56. The first-order valence-electron chi connectivity index (χ1n) is 8.33. The van der Waals surface area contributed by atoms with Gasteiger partial charge in [0.25, 0.3) is 5.91 Å². The summed E-state index contributed by atoms with van der Waals surface area (Å²) in [5.74, 6) is 0.513. The number of amides is 1. The minimum atomic E-state index is -0.281. The fourth-order valence-corrected chi connectivity index (χ4v) is 4.06. The van der Waals surface area contributed by atoms with Gasteiger partial charge in [-0.15, -0.1) is 11.3 Å². The first-order chi connectivity index (χ1) is 13.2. The lowest BCUT2D eigenvalue weighted by Crippen LogP contribution is -2.12. The third-order valence-electron chi connectivity index (χ3n) is 3.65. The zero-order chi connectivity index (χ0) is 18.6. The zero-order valence-electron chi connectivity index (χ0n) is 14.4. The monoisotopic (exact) mass is 396 g/mol. The number of carbonyl (C=O) groups excluding carboxylic acids is 1. The van der Waals surface area contributed by atoms with Crippen LogP contribution >= 0.6 is 22.7 Å². The Labute approximate surface area is 163 Å². The van der Waals surface area contributed by atoms with Crippen LogP contribution in [0.1, 0.15) is 17.4 Å². The summed E-state index contributed by atoms with van der Waals surface area (Å²) in [6.45, 7) is 2.55. The van der Waals surface area contributed by atoms with Gasteiger partial charge in [0.1, 0.15) is 11.4 Å². The quantitative estimate of drug-likeness (QED) is 0.471. The van der Waals surface area contributed by atoms with E-state index in [2.05, 4.69) is 20.6 Å². The van der Waals surface area contributed by atoms with Crippen molar-refractivity contribution in [2.75, 3.05) is 17.2 Å². The summed E-state index contributed by atoms with van der Waals surface area (Å²) in [7, 11) is 0. The van der Waals surface area contributed by atoms with Gasteiger partial charge >= 0.3 is 0 Å². The molecule has 1 amide bonds. The van der Waals surface area contributed by atoms with Crippen molar-refractivity contribution in [3.63, 3.8) is 0 Å². The fourth-order valence-electron chi connectivity index (χ4n) is 2.46. The fraction of sp³-hybridized carbons (Fsp3) is 0.105. The van der Waals surface area contributed by atoms with Crippen molar-refractivity contribution in [3.05, 3.63) is 59.6 Å². The number of thiazole rings is 2. The van der Waals surface area contributed by atoms with Gasteiger partial charge in [-0.2, -0.15) is 0 Å². The minimum Gasteiger partial charge on any atom is -0.494 e. The molecular formula is C19H16N4O2S2. The van der Waals surface area contributed by atoms with Crippen LogP contribution in [0.25, 0.3) is 10.2 Å². The Morgan fingerprint density at radius 2 is 1.96 bits per heavy atom. The van der Waals surface area contributed by atoms with E-state index in [1.165, 1.54) is 22.7 Å². The molecule has 0 spiro atoms. The average molecular weight is 396 g/mol. The van der Waals surface area contributed by atoms with Crippen LogP contribution in [0.5, 0.6) is 5.75 Å². The van der Waals surface area contributed by atoms with Crippen molar-refractivity contribution in [2.45, 2.75) is 6.92 Å². The Morgan fingerprint density at radius 1 is 1.11 bits per heavy atom. The summed E-state index contributed by atoms with van der Waals surface area (Å²) < 4.78 is 6.46. The first-order valence-corrected chi connectivity index (χ1v) is 10.0. The minimum absolute atomic E-state index is 0.281. The second kappa shape index (κ2) is 7.73. The van der Waals surface area contributed by atoms with Gasteiger partial charge < -0.3 is 10.1 Å². The highest BCUT2D eigenvalue weighted by Gasteiger charge is 2.14. The summed E-state index contributed by atoms with van der Waals surface area (Å²) >= 11 is 2.79. The van der Waals surface area contributed by atoms with Gasteiger partial charge in [0.15, 0.2) is 10.3 Å². The number of anilines is 3. The Hall–Kier alpha value is -2.97. The molecule has 4 aromatic rings. The van der Waals surface area contributed by atoms with Crippen LogP contribution in [0.4, 0.5) is 16.0 Å². The number of nitrogens with one attached hydrogen (secondary N) is 2. The van der Waals surface area contributed by atoms with Crippen LogP contribution in [0.3, 0.4) is 0 Å². The lowest BCUT2D eigenvalue weighted by atomic mass is 10.3. The third kappa shape index (κ3) is 4.07. The average Bonchev–Trinajstić information content (AvgIpc) is 3.29. The van der Waals surface area contributed by atoms with Crippen molar-refractivity contribution in [1.82, 2.24) is 9.97 Å². The first kappa shape index (κ1) is 17.4. The lowest BCUT2D eigenvalue weighted by Gasteiger charge is -2.01. The van der Waals surface area contributed by atoms with Crippen molar-refractivity contribution < 1.29 is 9.53 Å². The summed E-state index contributed by atoms with van der Waals surface area (Å²) in [5, 5.41) is 8.93. The molecule has 0 bridgehead atoms. The van der Waals surface area contributed by atoms with Crippen LogP contribution in [-0.2, 0) is 0 Å². The molecule has 4 rings (SSSR count). The van der Waals surface area contributed by atoms with Crippen LogP contribution < -0.4 is 15.4 Å². The number of fused-ring (bicyclic) bond motifs is 1. The highest BCUT2D eigenvalue weighted by atomic mass is 32.1. The normalized spacial score (nSPS) is 10.7. The number of benzene rings is 2. The largest absolute Gasteiger partial charge is 0.494 e. The van der Waals surface area contributed by atoms with Gasteiger partial charge in [-0.25, -0.2) is 9.97 Å². The highest BCUT2D eigenvalue weighted by molar-refractivity contribution is 7.22. The molecule has 27 heavy (non-hydrogen) atoms. The predicted octanol–water partition coefficient (Wildman–Crippen LogP) is 5.15. The molecule has 0 aliphatic carbocycles. The van der Waals surface area contributed by atoms with E-state index < -0.39 is 0 Å². The smallest absolute Gasteiger partial charge is 0.276 e. The predicted molar refractivity (Wildman–Crippen MR) is 111 cm³/mol. The number of para-hydroxylation sites is 1. The van der Waals surface area contributed by atoms with Gasteiger partial charge in [0.05, 0.1) is 16.8 Å². The van der Waals surface area contributed by atoms with Gasteiger partial charge in [-0.1, -0.05) is 29.5 Å². The standard InChI is InChI=1S/C19H16N4O2S2/c1-2-25-13-8-9-14-16(10-13)27-19(21-14)23-17(24)15-11-26-18(22-15)20-12-6-4-3-5-7-12/h3-11H,2H2,1H3,(H,20,22)(H,21,23,24). The highest BCUT2D eigenvalue weighted by Crippen LogP contribution is 2.30. The van der Waals surface area contributed by atoms with Crippen molar-refractivity contribution in [3.8, 4) is 5.75 Å². The summed E-state index contributed by atoms with van der Waals surface area (Å²) in [5.41, 5.74) is 2.10. The van der Waals surface area contributed by atoms with E-state index in [1.807, 2.05) is 55.5 Å². The second-order valence-corrected chi connectivity index (χ2v) is 7.45. The van der Waals surface area contributed by atoms with Gasteiger partial charge in [0, 0.05) is 11.1 Å². The molecule has 2 aromatic heterocycles. The molecule has 0 aliphatic heterocycles. The molecule has 0 saturated carbocycles. The lowest BCUT2D eigenvalue weighted by molar-refractivity contribution is 0.102. The maximum atomic E-state index is 12.5. The number of hydrogen-bond donors (Lipinski definition) is 2. The molecule has 0 atom stereocenters. The number of rotatable bonds is 6. The van der Waals surface area contributed by atoms with Crippen LogP contribution in [0, 0.1) is 0 Å². The number of hydrogen-bond acceptors (Lipinski definition) is 7. The van der Waals surface area contributed by atoms with Crippen molar-refractivity contribution in [1.29, 1.82) is 0 Å².